The van der Waals surface area contributed by atoms with Crippen LogP contribution in [-0.4, -0.2) is 53.3 Å². The fourth-order valence-corrected chi connectivity index (χ4v) is 4.04. The van der Waals surface area contributed by atoms with Crippen molar-refractivity contribution in [3.8, 4) is 0 Å². The number of imidazole rings is 1. The second-order valence-corrected chi connectivity index (χ2v) is 7.72. The van der Waals surface area contributed by atoms with Gasteiger partial charge in [-0.15, -0.1) is 11.8 Å². The molecule has 1 aliphatic heterocycles. The Kier molecular flexibility index (Phi) is 5.79. The number of thioether (sulfide) groups is 1. The number of H-pyrrole nitrogens is 1. The molecule has 2 heterocycles. The van der Waals surface area contributed by atoms with Gasteiger partial charge in [0.05, 0.1) is 28.6 Å². The van der Waals surface area contributed by atoms with E-state index in [0.29, 0.717) is 11.7 Å². The van der Waals surface area contributed by atoms with Gasteiger partial charge in [0.25, 0.3) is 0 Å². The molecule has 1 aromatic heterocycles. The number of piperidine rings is 1. The average Bonchev–Trinajstić information content (AvgIpc) is 3.04. The number of para-hydroxylation sites is 2. The maximum Gasteiger partial charge on any atom is 0.232 e. The summed E-state index contributed by atoms with van der Waals surface area (Å²) in [5.41, 5.74) is 2.02. The maximum atomic E-state index is 12.5. The van der Waals surface area contributed by atoms with Gasteiger partial charge in [-0.1, -0.05) is 12.1 Å². The van der Waals surface area contributed by atoms with E-state index in [1.54, 1.807) is 18.9 Å². The molecule has 5 nitrogen and oxygen atoms in total. The van der Waals surface area contributed by atoms with E-state index in [9.17, 15) is 4.79 Å². The Hall–Kier alpha value is -1.53. The summed E-state index contributed by atoms with van der Waals surface area (Å²) < 4.78 is 5.24. The predicted molar refractivity (Wildman–Crippen MR) is 98.1 cm³/mol. The lowest BCUT2D eigenvalue weighted by Crippen LogP contribution is -2.42. The Labute approximate surface area is 147 Å². The number of aromatic amines is 1. The van der Waals surface area contributed by atoms with Crippen molar-refractivity contribution in [2.45, 2.75) is 25.0 Å². The molecule has 24 heavy (non-hydrogen) atoms. The number of ether oxygens (including phenoxy) is 1. The number of amides is 1. The molecule has 1 amide bonds. The molecule has 1 aliphatic rings. The first kappa shape index (κ1) is 17.3. The lowest BCUT2D eigenvalue weighted by atomic mass is 9.99. The van der Waals surface area contributed by atoms with Gasteiger partial charge in [0.15, 0.2) is 0 Å². The monoisotopic (exact) mass is 347 g/mol. The van der Waals surface area contributed by atoms with Gasteiger partial charge >= 0.3 is 0 Å². The first-order chi connectivity index (χ1) is 11.7. The second kappa shape index (κ2) is 8.03. The first-order valence-corrected chi connectivity index (χ1v) is 9.55. The number of hydrogen-bond acceptors (Lipinski definition) is 4. The quantitative estimate of drug-likeness (QED) is 0.871. The van der Waals surface area contributed by atoms with Gasteiger partial charge in [-0.2, -0.15) is 0 Å². The Morgan fingerprint density at radius 1 is 1.50 bits per heavy atom. The summed E-state index contributed by atoms with van der Waals surface area (Å²) >= 11 is 1.64. The molecule has 0 bridgehead atoms. The molecular weight excluding hydrogens is 322 g/mol. The van der Waals surface area contributed by atoms with Crippen LogP contribution in [0.2, 0.25) is 0 Å². The summed E-state index contributed by atoms with van der Waals surface area (Å²) in [6.07, 6.45) is 2.23. The summed E-state index contributed by atoms with van der Waals surface area (Å²) in [5, 5.41) is 0.168. The van der Waals surface area contributed by atoms with Gasteiger partial charge in [0.2, 0.25) is 5.91 Å². The Bertz CT molecular complexity index is 653. The number of likely N-dealkylation sites (tertiary alicyclic amines) is 1. The van der Waals surface area contributed by atoms with Crippen molar-refractivity contribution in [2.75, 3.05) is 32.6 Å². The molecule has 0 radical (unpaired) electrons. The number of nitrogens with one attached hydrogen (secondary N) is 1. The van der Waals surface area contributed by atoms with Crippen molar-refractivity contribution in [1.29, 1.82) is 0 Å². The number of carbonyl (C=O) groups excluding carboxylic acids is 1. The van der Waals surface area contributed by atoms with Crippen LogP contribution in [0.3, 0.4) is 0 Å². The summed E-state index contributed by atoms with van der Waals surface area (Å²) in [6.45, 7) is 4.54. The SMILES string of the molecule is COCC1CCCN(C(=O)CSC(C)c2nc3ccccc3[nH]2)C1. The number of benzene rings is 1. The average molecular weight is 347 g/mol. The van der Waals surface area contributed by atoms with E-state index < -0.39 is 0 Å². The molecule has 0 saturated carbocycles. The molecule has 3 rings (SSSR count). The molecule has 0 aliphatic carbocycles. The lowest BCUT2D eigenvalue weighted by Gasteiger charge is -2.32. The lowest BCUT2D eigenvalue weighted by molar-refractivity contribution is -0.130. The van der Waals surface area contributed by atoms with Gasteiger partial charge in [0, 0.05) is 20.2 Å². The van der Waals surface area contributed by atoms with E-state index in [0.717, 1.165) is 49.4 Å². The van der Waals surface area contributed by atoms with Crippen molar-refractivity contribution < 1.29 is 9.53 Å². The highest BCUT2D eigenvalue weighted by Gasteiger charge is 2.24. The summed E-state index contributed by atoms with van der Waals surface area (Å²) in [6, 6.07) is 8.01. The molecule has 1 saturated heterocycles. The minimum absolute atomic E-state index is 0.168. The zero-order valence-electron chi connectivity index (χ0n) is 14.3. The van der Waals surface area contributed by atoms with E-state index in [-0.39, 0.29) is 11.2 Å². The van der Waals surface area contributed by atoms with Crippen molar-refractivity contribution in [3.05, 3.63) is 30.1 Å². The second-order valence-electron chi connectivity index (χ2n) is 6.40. The summed E-state index contributed by atoms with van der Waals surface area (Å²) in [7, 11) is 1.73. The van der Waals surface area contributed by atoms with Crippen LogP contribution in [0.25, 0.3) is 11.0 Å². The van der Waals surface area contributed by atoms with Gasteiger partial charge in [0.1, 0.15) is 5.82 Å². The third-order valence-electron chi connectivity index (χ3n) is 4.52. The summed E-state index contributed by atoms with van der Waals surface area (Å²) in [5.74, 6) is 2.14. The molecule has 1 N–H and O–H groups in total. The highest BCUT2D eigenvalue weighted by molar-refractivity contribution is 8.00. The number of fused-ring (bicyclic) bond motifs is 1. The van der Waals surface area contributed by atoms with Crippen LogP contribution in [0.5, 0.6) is 0 Å². The third-order valence-corrected chi connectivity index (χ3v) is 5.66. The Morgan fingerprint density at radius 2 is 2.33 bits per heavy atom. The number of nitrogens with zero attached hydrogens (tertiary/aromatic N) is 2. The van der Waals surface area contributed by atoms with Crippen LogP contribution < -0.4 is 0 Å². The number of rotatable bonds is 6. The van der Waals surface area contributed by atoms with E-state index >= 15 is 0 Å². The van der Waals surface area contributed by atoms with Crippen molar-refractivity contribution >= 4 is 28.7 Å². The molecule has 1 fully saturated rings. The predicted octanol–water partition coefficient (Wildman–Crippen LogP) is 3.24. The summed E-state index contributed by atoms with van der Waals surface area (Å²) in [4.78, 5) is 22.5. The molecule has 2 atom stereocenters. The smallest absolute Gasteiger partial charge is 0.232 e. The molecule has 0 spiro atoms. The van der Waals surface area contributed by atoms with Crippen LogP contribution >= 0.6 is 11.8 Å². The number of carbonyl (C=O) groups is 1. The topological polar surface area (TPSA) is 58.2 Å². The van der Waals surface area contributed by atoms with E-state index in [1.165, 1.54) is 0 Å². The fraction of sp³-hybridized carbons (Fsp3) is 0.556. The van der Waals surface area contributed by atoms with Crippen LogP contribution in [0.4, 0.5) is 0 Å². The van der Waals surface area contributed by atoms with Crippen molar-refractivity contribution in [1.82, 2.24) is 14.9 Å². The van der Waals surface area contributed by atoms with E-state index in [2.05, 4.69) is 16.9 Å². The number of hydrogen-bond donors (Lipinski definition) is 1. The van der Waals surface area contributed by atoms with Crippen molar-refractivity contribution in [3.63, 3.8) is 0 Å². The normalized spacial score (nSPS) is 19.6. The molecule has 130 valence electrons. The molecule has 6 heteroatoms. The van der Waals surface area contributed by atoms with Gasteiger partial charge in [-0.3, -0.25) is 4.79 Å². The van der Waals surface area contributed by atoms with Crippen LogP contribution in [0.15, 0.2) is 24.3 Å². The van der Waals surface area contributed by atoms with Crippen LogP contribution in [-0.2, 0) is 9.53 Å². The van der Waals surface area contributed by atoms with Crippen molar-refractivity contribution in [2.24, 2.45) is 5.92 Å². The van der Waals surface area contributed by atoms with Gasteiger partial charge < -0.3 is 14.6 Å². The minimum atomic E-state index is 0.168. The highest BCUT2D eigenvalue weighted by Crippen LogP contribution is 2.28. The minimum Gasteiger partial charge on any atom is -0.384 e. The van der Waals surface area contributed by atoms with E-state index in [1.807, 2.05) is 29.2 Å². The fourth-order valence-electron chi connectivity index (χ4n) is 3.19. The molecule has 2 aromatic rings. The number of methoxy groups -OCH3 is 1. The molecule has 1 aromatic carbocycles. The van der Waals surface area contributed by atoms with Crippen LogP contribution in [0.1, 0.15) is 30.8 Å². The van der Waals surface area contributed by atoms with E-state index in [4.69, 9.17) is 4.74 Å². The van der Waals surface area contributed by atoms with Crippen LogP contribution in [0, 0.1) is 5.92 Å². The van der Waals surface area contributed by atoms with Gasteiger partial charge in [-0.25, -0.2) is 4.98 Å². The maximum absolute atomic E-state index is 12.5. The largest absolute Gasteiger partial charge is 0.384 e. The zero-order chi connectivity index (χ0) is 16.9. The number of aromatic nitrogens is 2. The molecule has 2 unspecified atom stereocenters. The zero-order valence-corrected chi connectivity index (χ0v) is 15.1. The van der Waals surface area contributed by atoms with Gasteiger partial charge in [-0.05, 0) is 37.8 Å². The highest BCUT2D eigenvalue weighted by atomic mass is 32.2. The first-order valence-electron chi connectivity index (χ1n) is 8.50. The Balaban J connectivity index is 1.53. The molecular formula is C18H25N3O2S. The Morgan fingerprint density at radius 3 is 3.12 bits per heavy atom. The third kappa shape index (κ3) is 4.11. The standard InChI is InChI=1S/C18H25N3O2S/c1-13(18-19-15-7-3-4-8-16(15)20-18)24-12-17(22)21-9-5-6-14(10-21)11-23-2/h3-4,7-8,13-14H,5-6,9-12H2,1-2H3,(H,19,20).